The van der Waals surface area contributed by atoms with Crippen molar-refractivity contribution in [1.82, 2.24) is 15.1 Å². The highest BCUT2D eigenvalue weighted by Gasteiger charge is 2.28. The lowest BCUT2D eigenvalue weighted by molar-refractivity contribution is 0.134. The zero-order valence-corrected chi connectivity index (χ0v) is 17.3. The average molecular weight is 375 g/mol. The molecule has 0 unspecified atom stereocenters. The van der Waals surface area contributed by atoms with Gasteiger partial charge in [-0.25, -0.2) is 0 Å². The van der Waals surface area contributed by atoms with Crippen molar-refractivity contribution >= 4 is 5.69 Å². The Morgan fingerprint density at radius 3 is 1.89 bits per heavy atom. The normalized spacial score (nSPS) is 11.8. The van der Waals surface area contributed by atoms with Crippen LogP contribution in [0.25, 0.3) is 22.4 Å². The molecule has 0 saturated heterocycles. The molecule has 0 radical (unpaired) electrons. The third kappa shape index (κ3) is 4.07. The summed E-state index contributed by atoms with van der Waals surface area (Å²) in [6.45, 7) is 10.8. The second-order valence-electron chi connectivity index (χ2n) is 7.68. The van der Waals surface area contributed by atoms with Crippen LogP contribution in [0.1, 0.15) is 33.4 Å². The Labute approximate surface area is 168 Å². The van der Waals surface area contributed by atoms with Gasteiger partial charge in [-0.3, -0.25) is 4.90 Å². The number of rotatable bonds is 7. The zero-order valence-electron chi connectivity index (χ0n) is 17.3. The van der Waals surface area contributed by atoms with E-state index in [9.17, 15) is 0 Å². The third-order valence-corrected chi connectivity index (χ3v) is 5.42. The molecule has 0 aliphatic carbocycles. The maximum atomic E-state index is 6.72. The maximum absolute atomic E-state index is 6.72. The second kappa shape index (κ2) is 8.53. The molecule has 3 aromatic rings. The van der Waals surface area contributed by atoms with Gasteiger partial charge in [0, 0.05) is 23.1 Å². The molecule has 0 atom stereocenters. The number of nitrogens with zero attached hydrogens (tertiary/aromatic N) is 3. The lowest BCUT2D eigenvalue weighted by Gasteiger charge is -2.37. The first-order chi connectivity index (χ1) is 13.5. The molecule has 2 aromatic carbocycles. The van der Waals surface area contributed by atoms with Gasteiger partial charge in [0.25, 0.3) is 0 Å². The zero-order chi connectivity index (χ0) is 20.1. The van der Waals surface area contributed by atoms with Gasteiger partial charge in [-0.1, -0.05) is 74.5 Å². The van der Waals surface area contributed by atoms with Crippen LogP contribution in [0, 0.1) is 0 Å². The molecule has 4 heteroatoms. The number of nitrogens with two attached hydrogens (primary N) is 1. The predicted molar refractivity (Wildman–Crippen MR) is 118 cm³/mol. The number of likely N-dealkylation sites (N-methyl/N-ethyl adjacent to an activating group) is 1. The summed E-state index contributed by atoms with van der Waals surface area (Å²) < 4.78 is 0. The fraction of sp³-hybridized carbons (Fsp3) is 0.333. The first kappa shape index (κ1) is 20.0. The molecular weight excluding hydrogens is 344 g/mol. The number of benzene rings is 2. The predicted octanol–water partition coefficient (Wildman–Crippen LogP) is 5.06. The number of nitrogen functional groups attached to an aromatic ring is 1. The maximum Gasteiger partial charge on any atom is 0.103 e. The summed E-state index contributed by atoms with van der Waals surface area (Å²) in [6.07, 6.45) is 0.752. The third-order valence-electron chi connectivity index (χ3n) is 5.42. The first-order valence-electron chi connectivity index (χ1n) is 9.98. The topological polar surface area (TPSA) is 55.0 Å². The molecular formula is C24H30N4. The largest absolute Gasteiger partial charge is 0.397 e. The summed E-state index contributed by atoms with van der Waals surface area (Å²) >= 11 is 0. The lowest BCUT2D eigenvalue weighted by atomic mass is 9.91. The van der Waals surface area contributed by atoms with Gasteiger partial charge in [0.15, 0.2) is 0 Å². The quantitative estimate of drug-likeness (QED) is 0.628. The molecule has 0 aliphatic heterocycles. The average Bonchev–Trinajstić information content (AvgIpc) is 2.71. The Bertz CT molecular complexity index is 901. The minimum Gasteiger partial charge on any atom is -0.397 e. The summed E-state index contributed by atoms with van der Waals surface area (Å²) in [7, 11) is 0. The molecule has 0 amide bonds. The van der Waals surface area contributed by atoms with Gasteiger partial charge in [-0.05, 0) is 32.5 Å². The van der Waals surface area contributed by atoms with Crippen molar-refractivity contribution < 1.29 is 0 Å². The van der Waals surface area contributed by atoms with Crippen LogP contribution in [0.5, 0.6) is 0 Å². The summed E-state index contributed by atoms with van der Waals surface area (Å²) in [5.41, 5.74) is 12.1. The summed E-state index contributed by atoms with van der Waals surface area (Å²) in [5.74, 6) is 0. The van der Waals surface area contributed by atoms with Crippen LogP contribution in [0.4, 0.5) is 5.69 Å². The van der Waals surface area contributed by atoms with Gasteiger partial charge in [-0.15, -0.1) is 5.10 Å². The van der Waals surface area contributed by atoms with Gasteiger partial charge in [0.2, 0.25) is 0 Å². The second-order valence-corrected chi connectivity index (χ2v) is 7.68. The fourth-order valence-electron chi connectivity index (χ4n) is 3.91. The van der Waals surface area contributed by atoms with E-state index in [0.29, 0.717) is 0 Å². The van der Waals surface area contributed by atoms with E-state index >= 15 is 0 Å². The molecule has 1 heterocycles. The van der Waals surface area contributed by atoms with E-state index in [1.54, 1.807) is 0 Å². The number of anilines is 1. The van der Waals surface area contributed by atoms with Crippen molar-refractivity contribution in [3.63, 3.8) is 0 Å². The van der Waals surface area contributed by atoms with Crippen LogP contribution in [-0.4, -0.2) is 33.7 Å². The van der Waals surface area contributed by atoms with E-state index in [4.69, 9.17) is 5.73 Å². The molecule has 1 aromatic heterocycles. The highest BCUT2D eigenvalue weighted by molar-refractivity contribution is 5.89. The number of hydrogen-bond donors (Lipinski definition) is 1. The van der Waals surface area contributed by atoms with Crippen LogP contribution in [0.3, 0.4) is 0 Å². The fourth-order valence-corrected chi connectivity index (χ4v) is 3.91. The van der Waals surface area contributed by atoms with Gasteiger partial charge in [-0.2, -0.15) is 5.10 Å². The van der Waals surface area contributed by atoms with Gasteiger partial charge < -0.3 is 5.73 Å². The van der Waals surface area contributed by atoms with E-state index in [1.807, 2.05) is 36.4 Å². The van der Waals surface area contributed by atoms with Gasteiger partial charge >= 0.3 is 0 Å². The van der Waals surface area contributed by atoms with Crippen LogP contribution in [0.15, 0.2) is 60.7 Å². The molecule has 0 aliphatic rings. The van der Waals surface area contributed by atoms with Crippen molar-refractivity contribution in [2.75, 3.05) is 18.8 Å². The minimum absolute atomic E-state index is 0.0471. The smallest absolute Gasteiger partial charge is 0.103 e. The van der Waals surface area contributed by atoms with Crippen molar-refractivity contribution in [1.29, 1.82) is 0 Å². The van der Waals surface area contributed by atoms with E-state index in [1.165, 1.54) is 0 Å². The van der Waals surface area contributed by atoms with Crippen molar-refractivity contribution in [2.24, 2.45) is 0 Å². The molecule has 4 nitrogen and oxygen atoms in total. The Hall–Kier alpha value is -2.72. The van der Waals surface area contributed by atoms with E-state index < -0.39 is 0 Å². The van der Waals surface area contributed by atoms with Crippen LogP contribution in [-0.2, 0) is 6.42 Å². The molecule has 0 fully saturated rings. The molecule has 0 saturated carbocycles. The highest BCUT2D eigenvalue weighted by Crippen LogP contribution is 2.37. The monoisotopic (exact) mass is 374 g/mol. The molecule has 0 bridgehead atoms. The van der Waals surface area contributed by atoms with Crippen molar-refractivity contribution in [3.05, 3.63) is 66.4 Å². The molecule has 28 heavy (non-hydrogen) atoms. The Kier molecular flexibility index (Phi) is 6.10. The number of hydrogen-bond acceptors (Lipinski definition) is 4. The standard InChI is InChI=1S/C24H30N4/c1-5-28(6-2)24(3,4)17-20-22(25)21(18-13-9-7-10-14-18)23(27-26-20)19-15-11-8-12-16-19/h7-16H,5-6,17H2,1-4H3,(H2,25,27). The SMILES string of the molecule is CCN(CC)C(C)(C)Cc1nnc(-c2ccccc2)c(-c2ccccc2)c1N. The van der Waals surface area contributed by atoms with Crippen LogP contribution >= 0.6 is 0 Å². The summed E-state index contributed by atoms with van der Waals surface area (Å²) in [6, 6.07) is 20.4. The molecule has 0 spiro atoms. The van der Waals surface area contributed by atoms with Crippen molar-refractivity contribution in [2.45, 2.75) is 39.7 Å². The summed E-state index contributed by atoms with van der Waals surface area (Å²) in [5, 5.41) is 9.21. The van der Waals surface area contributed by atoms with E-state index in [-0.39, 0.29) is 5.54 Å². The Morgan fingerprint density at radius 1 is 0.821 bits per heavy atom. The van der Waals surface area contributed by atoms with E-state index in [2.05, 4.69) is 67.1 Å². The van der Waals surface area contributed by atoms with Gasteiger partial charge in [0.05, 0.1) is 11.4 Å². The number of aromatic nitrogens is 2. The molecule has 2 N–H and O–H groups in total. The highest BCUT2D eigenvalue weighted by atomic mass is 15.2. The Morgan fingerprint density at radius 2 is 1.36 bits per heavy atom. The van der Waals surface area contributed by atoms with Crippen LogP contribution < -0.4 is 5.73 Å². The lowest BCUT2D eigenvalue weighted by Crippen LogP contribution is -2.45. The van der Waals surface area contributed by atoms with Gasteiger partial charge in [0.1, 0.15) is 5.69 Å². The summed E-state index contributed by atoms with van der Waals surface area (Å²) in [4.78, 5) is 2.43. The van der Waals surface area contributed by atoms with Crippen LogP contribution in [0.2, 0.25) is 0 Å². The first-order valence-corrected chi connectivity index (χ1v) is 9.98. The van der Waals surface area contributed by atoms with Crippen molar-refractivity contribution in [3.8, 4) is 22.4 Å². The van der Waals surface area contributed by atoms with E-state index in [0.717, 1.165) is 53.3 Å². The minimum atomic E-state index is -0.0471. The molecule has 146 valence electrons. The Balaban J connectivity index is 2.13. The molecule has 3 rings (SSSR count).